The van der Waals surface area contributed by atoms with Crippen LogP contribution in [0.1, 0.15) is 34.9 Å². The van der Waals surface area contributed by atoms with Crippen LogP contribution < -0.4 is 4.90 Å². The summed E-state index contributed by atoms with van der Waals surface area (Å²) in [5.41, 5.74) is 2.59. The van der Waals surface area contributed by atoms with Crippen LogP contribution in [0, 0.1) is 13.8 Å². The predicted octanol–water partition coefficient (Wildman–Crippen LogP) is 4.89. The van der Waals surface area contributed by atoms with Gasteiger partial charge in [0.2, 0.25) is 17.6 Å². The molecular weight excluding hydrogens is 383 g/mol. The highest BCUT2D eigenvalue weighted by Crippen LogP contribution is 2.35. The summed E-state index contributed by atoms with van der Waals surface area (Å²) in [7, 11) is 0. The molecule has 8 heteroatoms. The second-order valence-electron chi connectivity index (χ2n) is 7.18. The van der Waals surface area contributed by atoms with E-state index < -0.39 is 11.7 Å². The summed E-state index contributed by atoms with van der Waals surface area (Å²) < 4.78 is 43.5. The number of carbonyl (C=O) groups excluding carboxylic acids is 1. The lowest BCUT2D eigenvalue weighted by atomic mass is 10.1. The van der Waals surface area contributed by atoms with E-state index in [4.69, 9.17) is 4.52 Å². The fourth-order valence-electron chi connectivity index (χ4n) is 3.65. The van der Waals surface area contributed by atoms with E-state index in [-0.39, 0.29) is 24.1 Å². The lowest BCUT2D eigenvalue weighted by Gasteiger charge is -2.21. The summed E-state index contributed by atoms with van der Waals surface area (Å²) in [4.78, 5) is 18.7. The lowest BCUT2D eigenvalue weighted by molar-refractivity contribution is -0.137. The number of carbonyl (C=O) groups is 1. The fraction of sp³-hybridized carbons (Fsp3) is 0.286. The minimum absolute atomic E-state index is 0.0262. The first-order valence-corrected chi connectivity index (χ1v) is 9.12. The number of para-hydroxylation sites is 1. The Morgan fingerprint density at radius 3 is 2.34 bits per heavy atom. The Hall–Kier alpha value is -3.16. The highest BCUT2D eigenvalue weighted by atomic mass is 19.4. The molecule has 0 spiro atoms. The molecule has 1 fully saturated rings. The molecule has 1 aliphatic heterocycles. The smallest absolute Gasteiger partial charge is 0.339 e. The molecule has 0 radical (unpaired) electrons. The van der Waals surface area contributed by atoms with Crippen LogP contribution in [0.2, 0.25) is 0 Å². The predicted molar refractivity (Wildman–Crippen MR) is 100 cm³/mol. The van der Waals surface area contributed by atoms with Gasteiger partial charge in [0.15, 0.2) is 0 Å². The van der Waals surface area contributed by atoms with Crippen molar-refractivity contribution < 1.29 is 22.5 Å². The molecule has 1 saturated heterocycles. The quantitative estimate of drug-likeness (QED) is 0.627. The number of rotatable bonds is 3. The molecule has 0 aliphatic carbocycles. The van der Waals surface area contributed by atoms with Gasteiger partial charge >= 0.3 is 6.18 Å². The molecule has 5 nitrogen and oxygen atoms in total. The SMILES string of the molecule is Cc1cccc(C)c1N1CC(c2nc(-c3ccc(C(F)(F)F)cc3)no2)CC1=O. The molecule has 1 aliphatic rings. The lowest BCUT2D eigenvalue weighted by Crippen LogP contribution is -2.26. The molecule has 0 saturated carbocycles. The Labute approximate surface area is 165 Å². The van der Waals surface area contributed by atoms with Crippen molar-refractivity contribution in [1.29, 1.82) is 0 Å². The molecular formula is C21H18F3N3O2. The summed E-state index contributed by atoms with van der Waals surface area (Å²) in [6, 6.07) is 10.4. The molecule has 29 heavy (non-hydrogen) atoms. The van der Waals surface area contributed by atoms with Crippen molar-refractivity contribution in [2.45, 2.75) is 32.4 Å². The summed E-state index contributed by atoms with van der Waals surface area (Å²) in [5, 5.41) is 3.88. The number of nitrogens with zero attached hydrogens (tertiary/aromatic N) is 3. The number of alkyl halides is 3. The fourth-order valence-corrected chi connectivity index (χ4v) is 3.65. The first kappa shape index (κ1) is 19.2. The van der Waals surface area contributed by atoms with E-state index in [2.05, 4.69) is 10.1 Å². The molecule has 4 rings (SSSR count). The molecule has 2 aromatic carbocycles. The summed E-state index contributed by atoms with van der Waals surface area (Å²) >= 11 is 0. The van der Waals surface area contributed by atoms with Crippen LogP contribution in [0.25, 0.3) is 11.4 Å². The van der Waals surface area contributed by atoms with Crippen LogP contribution in [0.3, 0.4) is 0 Å². The van der Waals surface area contributed by atoms with E-state index in [1.165, 1.54) is 12.1 Å². The number of anilines is 1. The van der Waals surface area contributed by atoms with Crippen LogP contribution in [0.5, 0.6) is 0 Å². The number of hydrogen-bond acceptors (Lipinski definition) is 4. The van der Waals surface area contributed by atoms with E-state index in [9.17, 15) is 18.0 Å². The van der Waals surface area contributed by atoms with Crippen molar-refractivity contribution in [3.8, 4) is 11.4 Å². The third-order valence-electron chi connectivity index (χ3n) is 5.10. The molecule has 150 valence electrons. The maximum absolute atomic E-state index is 12.7. The monoisotopic (exact) mass is 401 g/mol. The van der Waals surface area contributed by atoms with Crippen molar-refractivity contribution >= 4 is 11.6 Å². The summed E-state index contributed by atoms with van der Waals surface area (Å²) in [5.74, 6) is 0.215. The minimum Gasteiger partial charge on any atom is -0.339 e. The third-order valence-corrected chi connectivity index (χ3v) is 5.10. The molecule has 2 heterocycles. The van der Waals surface area contributed by atoms with Gasteiger partial charge < -0.3 is 9.42 Å². The number of benzene rings is 2. The van der Waals surface area contributed by atoms with Gasteiger partial charge in [0, 0.05) is 24.2 Å². The molecule has 1 atom stereocenters. The molecule has 0 N–H and O–H groups in total. The Morgan fingerprint density at radius 1 is 1.07 bits per heavy atom. The first-order valence-electron chi connectivity index (χ1n) is 9.12. The topological polar surface area (TPSA) is 59.2 Å². The summed E-state index contributed by atoms with van der Waals surface area (Å²) in [6.07, 6.45) is -4.16. The highest BCUT2D eigenvalue weighted by Gasteiger charge is 2.36. The second-order valence-corrected chi connectivity index (χ2v) is 7.18. The normalized spacial score (nSPS) is 17.2. The molecule has 1 aromatic heterocycles. The largest absolute Gasteiger partial charge is 0.416 e. The number of hydrogen-bond donors (Lipinski definition) is 0. The number of aryl methyl sites for hydroxylation is 2. The van der Waals surface area contributed by atoms with Gasteiger partial charge in [-0.1, -0.05) is 35.5 Å². The van der Waals surface area contributed by atoms with E-state index in [1.807, 2.05) is 32.0 Å². The second kappa shape index (κ2) is 7.02. The van der Waals surface area contributed by atoms with E-state index in [0.29, 0.717) is 18.0 Å². The Morgan fingerprint density at radius 2 is 1.72 bits per heavy atom. The van der Waals surface area contributed by atoms with Crippen molar-refractivity contribution in [2.75, 3.05) is 11.4 Å². The average molecular weight is 401 g/mol. The molecule has 3 aromatic rings. The molecule has 1 unspecified atom stereocenters. The van der Waals surface area contributed by atoms with Gasteiger partial charge in [-0.15, -0.1) is 0 Å². The molecule has 1 amide bonds. The van der Waals surface area contributed by atoms with Crippen LogP contribution in [-0.4, -0.2) is 22.6 Å². The minimum atomic E-state index is -4.40. The van der Waals surface area contributed by atoms with Gasteiger partial charge in [-0.2, -0.15) is 18.2 Å². The Kier molecular flexibility index (Phi) is 4.64. The van der Waals surface area contributed by atoms with Crippen molar-refractivity contribution in [3.05, 3.63) is 65.0 Å². The molecule has 0 bridgehead atoms. The van der Waals surface area contributed by atoms with Gasteiger partial charge in [-0.05, 0) is 37.1 Å². The number of aromatic nitrogens is 2. The standard InChI is InChI=1S/C21H18F3N3O2/c1-12-4-3-5-13(2)18(12)27-11-15(10-17(27)28)20-25-19(26-29-20)14-6-8-16(9-7-14)21(22,23)24/h3-9,15H,10-11H2,1-2H3. The van der Waals surface area contributed by atoms with Gasteiger partial charge in [0.1, 0.15) is 0 Å². The maximum atomic E-state index is 12.7. The maximum Gasteiger partial charge on any atom is 0.416 e. The summed E-state index contributed by atoms with van der Waals surface area (Å²) in [6.45, 7) is 4.33. The van der Waals surface area contributed by atoms with Crippen LogP contribution in [0.4, 0.5) is 18.9 Å². The zero-order valence-electron chi connectivity index (χ0n) is 15.8. The average Bonchev–Trinajstić information content (AvgIpc) is 3.29. The van der Waals surface area contributed by atoms with Gasteiger partial charge in [-0.3, -0.25) is 4.79 Å². The van der Waals surface area contributed by atoms with Crippen LogP contribution >= 0.6 is 0 Å². The Balaban J connectivity index is 1.55. The van der Waals surface area contributed by atoms with Crippen molar-refractivity contribution in [3.63, 3.8) is 0 Å². The number of amides is 1. The number of halogens is 3. The highest BCUT2D eigenvalue weighted by molar-refractivity contribution is 5.97. The zero-order valence-corrected chi connectivity index (χ0v) is 15.8. The van der Waals surface area contributed by atoms with Gasteiger partial charge in [0.25, 0.3) is 0 Å². The van der Waals surface area contributed by atoms with Crippen molar-refractivity contribution in [1.82, 2.24) is 10.1 Å². The first-order chi connectivity index (χ1) is 13.7. The Bertz CT molecular complexity index is 1040. The van der Waals surface area contributed by atoms with Gasteiger partial charge in [-0.25, -0.2) is 0 Å². The van der Waals surface area contributed by atoms with Gasteiger partial charge in [0.05, 0.1) is 11.5 Å². The van der Waals surface area contributed by atoms with Crippen molar-refractivity contribution in [2.24, 2.45) is 0 Å². The zero-order chi connectivity index (χ0) is 20.8. The van der Waals surface area contributed by atoms with E-state index >= 15 is 0 Å². The van der Waals surface area contributed by atoms with Crippen LogP contribution in [0.15, 0.2) is 47.0 Å². The van der Waals surface area contributed by atoms with E-state index in [0.717, 1.165) is 28.9 Å². The van der Waals surface area contributed by atoms with E-state index in [1.54, 1.807) is 4.90 Å². The van der Waals surface area contributed by atoms with Crippen LogP contribution in [-0.2, 0) is 11.0 Å². The third kappa shape index (κ3) is 3.62.